The monoisotopic (exact) mass is 235 g/mol. The normalized spacial score (nSPS) is 10.4. The van der Waals surface area contributed by atoms with Gasteiger partial charge in [-0.1, -0.05) is 11.6 Å². The number of rotatable bonds is 3. The summed E-state index contributed by atoms with van der Waals surface area (Å²) in [5, 5.41) is 1.54. The Morgan fingerprint density at radius 3 is 3.00 bits per heavy atom. The molecule has 0 aliphatic rings. The first-order chi connectivity index (χ1) is 7.74. The third kappa shape index (κ3) is 1.86. The van der Waals surface area contributed by atoms with E-state index in [-0.39, 0.29) is 6.61 Å². The van der Waals surface area contributed by atoms with Crippen LogP contribution in [0.25, 0.3) is 10.9 Å². The molecular formula is C12H10ClNO2. The molecule has 2 rings (SSSR count). The van der Waals surface area contributed by atoms with Gasteiger partial charge in [0.15, 0.2) is 6.29 Å². The Balaban J connectivity index is 2.60. The van der Waals surface area contributed by atoms with Gasteiger partial charge in [-0.2, -0.15) is 0 Å². The number of fused-ring (bicyclic) bond motifs is 1. The third-order valence-corrected chi connectivity index (χ3v) is 2.78. The highest BCUT2D eigenvalue weighted by molar-refractivity contribution is 6.32. The minimum Gasteiger partial charge on any atom is -0.485 e. The van der Waals surface area contributed by atoms with Crippen molar-refractivity contribution in [1.82, 2.24) is 4.98 Å². The van der Waals surface area contributed by atoms with Crippen LogP contribution in [-0.2, 0) is 4.79 Å². The van der Waals surface area contributed by atoms with E-state index < -0.39 is 0 Å². The lowest BCUT2D eigenvalue weighted by Gasteiger charge is -2.08. The Hall–Kier alpha value is -1.61. The SMILES string of the molecule is Cc1c(Cl)ccc2c(OCC=O)ccnc12. The molecule has 3 nitrogen and oxygen atoms in total. The van der Waals surface area contributed by atoms with Crippen molar-refractivity contribution in [3.05, 3.63) is 35.0 Å². The van der Waals surface area contributed by atoms with Gasteiger partial charge in [-0.05, 0) is 30.7 Å². The fraction of sp³-hybridized carbons (Fsp3) is 0.167. The molecule has 0 radical (unpaired) electrons. The number of aryl methyl sites for hydroxylation is 1. The van der Waals surface area contributed by atoms with Crippen LogP contribution in [0.15, 0.2) is 24.4 Å². The second kappa shape index (κ2) is 4.49. The van der Waals surface area contributed by atoms with Crippen molar-refractivity contribution in [3.63, 3.8) is 0 Å². The molecule has 0 aliphatic heterocycles. The van der Waals surface area contributed by atoms with Gasteiger partial charge in [-0.15, -0.1) is 0 Å². The summed E-state index contributed by atoms with van der Waals surface area (Å²) in [7, 11) is 0. The lowest BCUT2D eigenvalue weighted by atomic mass is 10.1. The lowest BCUT2D eigenvalue weighted by Crippen LogP contribution is -1.99. The largest absolute Gasteiger partial charge is 0.485 e. The maximum atomic E-state index is 10.3. The average Bonchev–Trinajstić information content (AvgIpc) is 2.31. The van der Waals surface area contributed by atoms with E-state index in [0.29, 0.717) is 10.8 Å². The zero-order valence-corrected chi connectivity index (χ0v) is 9.49. The van der Waals surface area contributed by atoms with Gasteiger partial charge in [0.25, 0.3) is 0 Å². The molecular weight excluding hydrogens is 226 g/mol. The number of aldehydes is 1. The number of carbonyl (C=O) groups is 1. The number of hydrogen-bond acceptors (Lipinski definition) is 3. The second-order valence-electron chi connectivity index (χ2n) is 3.36. The molecule has 2 aromatic rings. The Bertz CT molecular complexity index is 540. The molecule has 0 atom stereocenters. The summed E-state index contributed by atoms with van der Waals surface area (Å²) in [5.41, 5.74) is 1.71. The highest BCUT2D eigenvalue weighted by Gasteiger charge is 2.07. The van der Waals surface area contributed by atoms with Crippen LogP contribution in [0, 0.1) is 6.92 Å². The smallest absolute Gasteiger partial charge is 0.157 e. The van der Waals surface area contributed by atoms with Crippen molar-refractivity contribution in [3.8, 4) is 5.75 Å². The standard InChI is InChI=1S/C12H10ClNO2/c1-8-10(13)3-2-9-11(16-7-6-15)4-5-14-12(8)9/h2-6H,7H2,1H3. The number of ether oxygens (including phenoxy) is 1. The van der Waals surface area contributed by atoms with E-state index in [9.17, 15) is 4.79 Å². The Morgan fingerprint density at radius 1 is 1.44 bits per heavy atom. The van der Waals surface area contributed by atoms with Crippen molar-refractivity contribution < 1.29 is 9.53 Å². The Kier molecular flexibility index (Phi) is 3.06. The van der Waals surface area contributed by atoms with Crippen LogP contribution in [0.3, 0.4) is 0 Å². The molecule has 0 amide bonds. The van der Waals surface area contributed by atoms with E-state index in [4.69, 9.17) is 16.3 Å². The lowest BCUT2D eigenvalue weighted by molar-refractivity contribution is -0.109. The van der Waals surface area contributed by atoms with Gasteiger partial charge in [0.2, 0.25) is 0 Å². The first-order valence-corrected chi connectivity index (χ1v) is 5.22. The van der Waals surface area contributed by atoms with Gasteiger partial charge < -0.3 is 4.74 Å². The third-order valence-electron chi connectivity index (χ3n) is 2.37. The molecule has 0 spiro atoms. The molecule has 0 aliphatic carbocycles. The zero-order chi connectivity index (χ0) is 11.5. The van der Waals surface area contributed by atoms with Crippen molar-refractivity contribution in [2.24, 2.45) is 0 Å². The first kappa shape index (κ1) is 10.9. The van der Waals surface area contributed by atoms with Crippen LogP contribution >= 0.6 is 11.6 Å². The number of hydrogen-bond donors (Lipinski definition) is 0. The summed E-state index contributed by atoms with van der Waals surface area (Å²) in [6.45, 7) is 1.95. The predicted molar refractivity (Wildman–Crippen MR) is 63.0 cm³/mol. The van der Waals surface area contributed by atoms with E-state index in [0.717, 1.165) is 22.8 Å². The molecule has 4 heteroatoms. The highest BCUT2D eigenvalue weighted by atomic mass is 35.5. The maximum Gasteiger partial charge on any atom is 0.157 e. The minimum absolute atomic E-state index is 0.0424. The van der Waals surface area contributed by atoms with Gasteiger partial charge in [-0.25, -0.2) is 0 Å². The van der Waals surface area contributed by atoms with Gasteiger partial charge >= 0.3 is 0 Å². The minimum atomic E-state index is 0.0424. The zero-order valence-electron chi connectivity index (χ0n) is 8.74. The van der Waals surface area contributed by atoms with Gasteiger partial charge in [-0.3, -0.25) is 9.78 Å². The molecule has 16 heavy (non-hydrogen) atoms. The molecule has 0 fully saturated rings. The molecule has 1 heterocycles. The summed E-state index contributed by atoms with van der Waals surface area (Å²) in [6.07, 6.45) is 2.36. The van der Waals surface area contributed by atoms with Crippen molar-refractivity contribution in [1.29, 1.82) is 0 Å². The Morgan fingerprint density at radius 2 is 2.25 bits per heavy atom. The van der Waals surface area contributed by atoms with Crippen LogP contribution in [0.2, 0.25) is 5.02 Å². The number of benzene rings is 1. The number of nitrogens with zero attached hydrogens (tertiary/aromatic N) is 1. The number of halogens is 1. The molecule has 1 aromatic heterocycles. The number of carbonyl (C=O) groups excluding carboxylic acids is 1. The molecule has 1 aromatic carbocycles. The summed E-state index contributed by atoms with van der Waals surface area (Å²) >= 11 is 6.01. The van der Waals surface area contributed by atoms with Crippen LogP contribution < -0.4 is 4.74 Å². The highest BCUT2D eigenvalue weighted by Crippen LogP contribution is 2.29. The van der Waals surface area contributed by atoms with Crippen LogP contribution in [-0.4, -0.2) is 17.9 Å². The molecule has 82 valence electrons. The van der Waals surface area contributed by atoms with E-state index in [1.165, 1.54) is 0 Å². The molecule has 0 unspecified atom stereocenters. The maximum absolute atomic E-state index is 10.3. The van der Waals surface area contributed by atoms with Crippen LogP contribution in [0.1, 0.15) is 5.56 Å². The van der Waals surface area contributed by atoms with Crippen molar-refractivity contribution >= 4 is 28.8 Å². The fourth-order valence-corrected chi connectivity index (χ4v) is 1.71. The summed E-state index contributed by atoms with van der Waals surface area (Å²) in [4.78, 5) is 14.5. The summed E-state index contributed by atoms with van der Waals surface area (Å²) < 4.78 is 5.31. The topological polar surface area (TPSA) is 39.2 Å². The summed E-state index contributed by atoms with van der Waals surface area (Å²) in [5.74, 6) is 0.650. The van der Waals surface area contributed by atoms with Gasteiger partial charge in [0.05, 0.1) is 5.52 Å². The molecule has 0 bridgehead atoms. The van der Waals surface area contributed by atoms with Crippen LogP contribution in [0.5, 0.6) is 5.75 Å². The first-order valence-electron chi connectivity index (χ1n) is 4.84. The van der Waals surface area contributed by atoms with Gasteiger partial charge in [0.1, 0.15) is 12.4 Å². The van der Waals surface area contributed by atoms with Crippen molar-refractivity contribution in [2.75, 3.05) is 6.61 Å². The van der Waals surface area contributed by atoms with E-state index in [1.807, 2.05) is 13.0 Å². The number of aromatic nitrogens is 1. The van der Waals surface area contributed by atoms with Crippen molar-refractivity contribution in [2.45, 2.75) is 6.92 Å². The Labute approximate surface area is 98.0 Å². The average molecular weight is 236 g/mol. The quantitative estimate of drug-likeness (QED) is 0.768. The predicted octanol–water partition coefficient (Wildman–Crippen LogP) is 2.77. The molecule has 0 N–H and O–H groups in total. The molecule has 0 saturated carbocycles. The van der Waals surface area contributed by atoms with E-state index >= 15 is 0 Å². The van der Waals surface area contributed by atoms with Crippen LogP contribution in [0.4, 0.5) is 0 Å². The number of pyridine rings is 1. The molecule has 0 saturated heterocycles. The fourth-order valence-electron chi connectivity index (χ4n) is 1.56. The van der Waals surface area contributed by atoms with E-state index in [2.05, 4.69) is 4.98 Å². The van der Waals surface area contributed by atoms with E-state index in [1.54, 1.807) is 18.3 Å². The summed E-state index contributed by atoms with van der Waals surface area (Å²) in [6, 6.07) is 5.38. The second-order valence-corrected chi connectivity index (χ2v) is 3.76. The van der Waals surface area contributed by atoms with Gasteiger partial charge in [0, 0.05) is 16.6 Å².